The SMILES string of the molecule is CCCCC1(P)CC1. The van der Waals surface area contributed by atoms with Crippen molar-refractivity contribution in [1.29, 1.82) is 0 Å². The van der Waals surface area contributed by atoms with E-state index in [-0.39, 0.29) is 0 Å². The Morgan fingerprint density at radius 3 is 2.50 bits per heavy atom. The van der Waals surface area contributed by atoms with Crippen LogP contribution in [0, 0.1) is 0 Å². The molecule has 1 fully saturated rings. The lowest BCUT2D eigenvalue weighted by Gasteiger charge is -2.03. The Balaban J connectivity index is 2.01. The zero-order valence-electron chi connectivity index (χ0n) is 5.61. The molecule has 0 aliphatic heterocycles. The molecule has 0 heterocycles. The smallest absolute Gasteiger partial charge is 0.0149 e. The van der Waals surface area contributed by atoms with Crippen molar-refractivity contribution in [3.05, 3.63) is 0 Å². The quantitative estimate of drug-likeness (QED) is 0.515. The monoisotopic (exact) mass is 130 g/mol. The number of unbranched alkanes of at least 4 members (excludes halogenated alkanes) is 1. The fraction of sp³-hybridized carbons (Fsp3) is 1.00. The first-order chi connectivity index (χ1) is 3.77. The molecule has 1 unspecified atom stereocenters. The lowest BCUT2D eigenvalue weighted by Crippen LogP contribution is -1.93. The maximum atomic E-state index is 2.98. The largest absolute Gasteiger partial charge is 0.131 e. The van der Waals surface area contributed by atoms with Crippen molar-refractivity contribution in [2.75, 3.05) is 0 Å². The van der Waals surface area contributed by atoms with Crippen molar-refractivity contribution in [2.24, 2.45) is 0 Å². The van der Waals surface area contributed by atoms with Crippen LogP contribution in [0.3, 0.4) is 0 Å². The molecular weight excluding hydrogens is 115 g/mol. The normalized spacial score (nSPS) is 23.2. The minimum Gasteiger partial charge on any atom is -0.131 e. The van der Waals surface area contributed by atoms with Crippen LogP contribution >= 0.6 is 9.24 Å². The summed E-state index contributed by atoms with van der Waals surface area (Å²) in [6.45, 7) is 2.26. The van der Waals surface area contributed by atoms with Crippen molar-refractivity contribution in [3.8, 4) is 0 Å². The summed E-state index contributed by atoms with van der Waals surface area (Å²) in [6, 6.07) is 0. The summed E-state index contributed by atoms with van der Waals surface area (Å²) in [5.74, 6) is 0. The molecule has 0 N–H and O–H groups in total. The Labute approximate surface area is 54.3 Å². The maximum absolute atomic E-state index is 2.98. The number of hydrogen-bond donors (Lipinski definition) is 0. The molecule has 1 heteroatoms. The zero-order chi connectivity index (χ0) is 6.04. The molecule has 0 nitrogen and oxygen atoms in total. The maximum Gasteiger partial charge on any atom is -0.0149 e. The van der Waals surface area contributed by atoms with Crippen LogP contribution in [0.1, 0.15) is 39.0 Å². The van der Waals surface area contributed by atoms with E-state index < -0.39 is 0 Å². The van der Waals surface area contributed by atoms with E-state index in [2.05, 4.69) is 16.2 Å². The third kappa shape index (κ3) is 1.74. The molecule has 0 bridgehead atoms. The summed E-state index contributed by atoms with van der Waals surface area (Å²) in [5, 5.41) is 0.718. The molecule has 1 atom stereocenters. The van der Waals surface area contributed by atoms with Gasteiger partial charge in [-0.15, -0.1) is 9.24 Å². The summed E-state index contributed by atoms with van der Waals surface area (Å²) in [6.07, 6.45) is 7.13. The van der Waals surface area contributed by atoms with E-state index in [1.54, 1.807) is 0 Å². The standard InChI is InChI=1S/C7H15P/c1-2-3-4-7(8)5-6-7/h2-6,8H2,1H3. The molecule has 0 aromatic rings. The third-order valence-corrected chi connectivity index (χ3v) is 2.79. The molecule has 8 heavy (non-hydrogen) atoms. The highest BCUT2D eigenvalue weighted by Crippen LogP contribution is 2.48. The van der Waals surface area contributed by atoms with Crippen LogP contribution in [-0.4, -0.2) is 5.16 Å². The summed E-state index contributed by atoms with van der Waals surface area (Å²) >= 11 is 0. The minimum absolute atomic E-state index is 0.718. The first kappa shape index (κ1) is 6.55. The van der Waals surface area contributed by atoms with Gasteiger partial charge in [0.2, 0.25) is 0 Å². The Hall–Kier alpha value is 0.430. The Morgan fingerprint density at radius 2 is 2.12 bits per heavy atom. The van der Waals surface area contributed by atoms with E-state index in [0.717, 1.165) is 5.16 Å². The van der Waals surface area contributed by atoms with Gasteiger partial charge in [0.15, 0.2) is 0 Å². The van der Waals surface area contributed by atoms with Crippen LogP contribution in [0.4, 0.5) is 0 Å². The first-order valence-corrected chi connectivity index (χ1v) is 4.13. The van der Waals surface area contributed by atoms with E-state index >= 15 is 0 Å². The van der Waals surface area contributed by atoms with Gasteiger partial charge in [-0.25, -0.2) is 0 Å². The molecule has 0 amide bonds. The van der Waals surface area contributed by atoms with Gasteiger partial charge in [-0.05, 0) is 24.4 Å². The second-order valence-corrected chi connectivity index (χ2v) is 4.19. The molecule has 0 aromatic carbocycles. The van der Waals surface area contributed by atoms with Gasteiger partial charge in [0.25, 0.3) is 0 Å². The van der Waals surface area contributed by atoms with Crippen molar-refractivity contribution in [2.45, 2.75) is 44.2 Å². The van der Waals surface area contributed by atoms with Gasteiger partial charge in [0.05, 0.1) is 0 Å². The summed E-state index contributed by atoms with van der Waals surface area (Å²) in [7, 11) is 2.98. The highest BCUT2D eigenvalue weighted by Gasteiger charge is 2.36. The predicted octanol–water partition coefficient (Wildman–Crippen LogP) is 2.58. The van der Waals surface area contributed by atoms with Gasteiger partial charge in [-0.1, -0.05) is 19.8 Å². The molecule has 0 radical (unpaired) electrons. The van der Waals surface area contributed by atoms with Crippen molar-refractivity contribution < 1.29 is 0 Å². The van der Waals surface area contributed by atoms with E-state index in [1.165, 1.54) is 32.1 Å². The highest BCUT2D eigenvalue weighted by molar-refractivity contribution is 7.19. The van der Waals surface area contributed by atoms with Crippen LogP contribution < -0.4 is 0 Å². The number of rotatable bonds is 3. The Bertz CT molecular complexity index is 74.5. The van der Waals surface area contributed by atoms with E-state index in [1.807, 2.05) is 0 Å². The van der Waals surface area contributed by atoms with Gasteiger partial charge in [0.1, 0.15) is 0 Å². The Morgan fingerprint density at radius 1 is 1.50 bits per heavy atom. The third-order valence-electron chi connectivity index (χ3n) is 1.92. The van der Waals surface area contributed by atoms with Crippen LogP contribution in [0.5, 0.6) is 0 Å². The average molecular weight is 130 g/mol. The molecule has 1 aliphatic rings. The predicted molar refractivity (Wildman–Crippen MR) is 41.2 cm³/mol. The van der Waals surface area contributed by atoms with Gasteiger partial charge in [0, 0.05) is 0 Å². The molecule has 1 rings (SSSR count). The second kappa shape index (κ2) is 2.35. The van der Waals surface area contributed by atoms with Crippen LogP contribution in [0.25, 0.3) is 0 Å². The van der Waals surface area contributed by atoms with E-state index in [0.29, 0.717) is 0 Å². The van der Waals surface area contributed by atoms with Crippen molar-refractivity contribution >= 4 is 9.24 Å². The van der Waals surface area contributed by atoms with Crippen molar-refractivity contribution in [1.82, 2.24) is 0 Å². The summed E-state index contributed by atoms with van der Waals surface area (Å²) in [5.41, 5.74) is 0. The lowest BCUT2D eigenvalue weighted by molar-refractivity contribution is 0.685. The number of hydrogen-bond acceptors (Lipinski definition) is 0. The zero-order valence-corrected chi connectivity index (χ0v) is 6.77. The van der Waals surface area contributed by atoms with Crippen LogP contribution in [-0.2, 0) is 0 Å². The van der Waals surface area contributed by atoms with Gasteiger partial charge < -0.3 is 0 Å². The highest BCUT2D eigenvalue weighted by atomic mass is 31.0. The molecule has 1 aliphatic carbocycles. The molecule has 0 saturated heterocycles. The lowest BCUT2D eigenvalue weighted by atomic mass is 10.2. The molecule has 0 spiro atoms. The molecule has 48 valence electrons. The molecule has 0 aromatic heterocycles. The first-order valence-electron chi connectivity index (χ1n) is 3.56. The molecular formula is C7H15P. The topological polar surface area (TPSA) is 0 Å². The van der Waals surface area contributed by atoms with Gasteiger partial charge in [-0.2, -0.15) is 0 Å². The minimum atomic E-state index is 0.718. The van der Waals surface area contributed by atoms with Crippen molar-refractivity contribution in [3.63, 3.8) is 0 Å². The second-order valence-electron chi connectivity index (χ2n) is 2.97. The fourth-order valence-electron chi connectivity index (χ4n) is 0.939. The molecule has 1 saturated carbocycles. The average Bonchev–Trinajstić information content (AvgIpc) is 2.45. The van der Waals surface area contributed by atoms with Gasteiger partial charge >= 0.3 is 0 Å². The van der Waals surface area contributed by atoms with E-state index in [9.17, 15) is 0 Å². The summed E-state index contributed by atoms with van der Waals surface area (Å²) in [4.78, 5) is 0. The van der Waals surface area contributed by atoms with Crippen LogP contribution in [0.2, 0.25) is 0 Å². The fourth-order valence-corrected chi connectivity index (χ4v) is 1.29. The summed E-state index contributed by atoms with van der Waals surface area (Å²) < 4.78 is 0. The van der Waals surface area contributed by atoms with E-state index in [4.69, 9.17) is 0 Å². The van der Waals surface area contributed by atoms with Crippen LogP contribution in [0.15, 0.2) is 0 Å². The van der Waals surface area contributed by atoms with Gasteiger partial charge in [-0.3, -0.25) is 0 Å². The Kier molecular flexibility index (Phi) is 1.92.